The molecule has 3 atom stereocenters. The number of hydrogen-bond acceptors (Lipinski definition) is 6. The standard InChI is InChI=1S/C25H46N6O4S/c1-23(2,11-13-26)20(33)31-25(5,6)21(34)27-14-12-24(3,4)30-18(32)10-8-7-9-17-19-16(15-36-17)28-22(35)29-19/h16-17,19H,7-15,26H2,1-6H3,(H,27,34)(H,30,32)(H,31,33)(H2,28,29,35)/t16-,17-,19-/m0/s1. The first-order valence-corrected chi connectivity index (χ1v) is 14.0. The van der Waals surface area contributed by atoms with Gasteiger partial charge in [-0.15, -0.1) is 0 Å². The Morgan fingerprint density at radius 1 is 1.00 bits per heavy atom. The van der Waals surface area contributed by atoms with Gasteiger partial charge in [0.15, 0.2) is 0 Å². The predicted octanol–water partition coefficient (Wildman–Crippen LogP) is 1.38. The number of urea groups is 1. The molecule has 11 heteroatoms. The van der Waals surface area contributed by atoms with E-state index in [0.29, 0.717) is 37.6 Å². The molecule has 5 amide bonds. The lowest BCUT2D eigenvalue weighted by Crippen LogP contribution is -2.58. The van der Waals surface area contributed by atoms with Crippen LogP contribution in [0.15, 0.2) is 0 Å². The molecular formula is C25H46N6O4S. The van der Waals surface area contributed by atoms with Gasteiger partial charge >= 0.3 is 6.03 Å². The smallest absolute Gasteiger partial charge is 0.315 e. The highest BCUT2D eigenvalue weighted by Gasteiger charge is 2.42. The number of rotatable bonds is 14. The summed E-state index contributed by atoms with van der Waals surface area (Å²) in [6.45, 7) is 11.6. The average molecular weight is 527 g/mol. The molecule has 0 bridgehead atoms. The van der Waals surface area contributed by atoms with E-state index in [0.717, 1.165) is 25.0 Å². The van der Waals surface area contributed by atoms with E-state index in [1.54, 1.807) is 13.8 Å². The van der Waals surface area contributed by atoms with Gasteiger partial charge in [-0.2, -0.15) is 11.8 Å². The highest BCUT2D eigenvalue weighted by atomic mass is 32.2. The monoisotopic (exact) mass is 526 g/mol. The molecule has 0 unspecified atom stereocenters. The minimum absolute atomic E-state index is 0.00570. The van der Waals surface area contributed by atoms with Gasteiger partial charge in [0.25, 0.3) is 0 Å². The van der Waals surface area contributed by atoms with E-state index in [-0.39, 0.29) is 35.8 Å². The average Bonchev–Trinajstić information content (AvgIpc) is 3.29. The highest BCUT2D eigenvalue weighted by Crippen LogP contribution is 2.33. The number of carbonyl (C=O) groups is 4. The van der Waals surface area contributed by atoms with Crippen molar-refractivity contribution in [3.63, 3.8) is 0 Å². The number of hydrogen-bond donors (Lipinski definition) is 6. The molecular weight excluding hydrogens is 480 g/mol. The summed E-state index contributed by atoms with van der Waals surface area (Å²) < 4.78 is 0. The van der Waals surface area contributed by atoms with Gasteiger partial charge in [0, 0.05) is 34.9 Å². The summed E-state index contributed by atoms with van der Waals surface area (Å²) in [4.78, 5) is 49.2. The van der Waals surface area contributed by atoms with Gasteiger partial charge in [-0.05, 0) is 59.9 Å². The molecule has 0 aromatic heterocycles. The van der Waals surface area contributed by atoms with Crippen LogP contribution in [-0.4, -0.2) is 71.0 Å². The highest BCUT2D eigenvalue weighted by molar-refractivity contribution is 8.00. The van der Waals surface area contributed by atoms with Crippen LogP contribution in [0.25, 0.3) is 0 Å². The third-order valence-electron chi connectivity index (χ3n) is 6.97. The Morgan fingerprint density at radius 2 is 1.69 bits per heavy atom. The van der Waals surface area contributed by atoms with E-state index < -0.39 is 16.5 Å². The van der Waals surface area contributed by atoms with Gasteiger partial charge in [0.2, 0.25) is 17.7 Å². The summed E-state index contributed by atoms with van der Waals surface area (Å²) in [5.74, 6) is 0.447. The molecule has 0 radical (unpaired) electrons. The Morgan fingerprint density at radius 3 is 2.36 bits per heavy atom. The van der Waals surface area contributed by atoms with Gasteiger partial charge in [0.05, 0.1) is 12.1 Å². The van der Waals surface area contributed by atoms with E-state index in [4.69, 9.17) is 5.73 Å². The minimum Gasteiger partial charge on any atom is -0.354 e. The van der Waals surface area contributed by atoms with Crippen LogP contribution in [0.4, 0.5) is 4.79 Å². The fraction of sp³-hybridized carbons (Fsp3) is 0.840. The number of unbranched alkanes of at least 4 members (excludes halogenated alkanes) is 1. The van der Waals surface area contributed by atoms with Crippen molar-refractivity contribution in [3.05, 3.63) is 0 Å². The van der Waals surface area contributed by atoms with Crippen LogP contribution in [0, 0.1) is 5.41 Å². The largest absolute Gasteiger partial charge is 0.354 e. The summed E-state index contributed by atoms with van der Waals surface area (Å²) in [7, 11) is 0. The summed E-state index contributed by atoms with van der Waals surface area (Å²) >= 11 is 1.88. The number of fused-ring (bicyclic) bond motifs is 1. The van der Waals surface area contributed by atoms with E-state index in [9.17, 15) is 19.2 Å². The van der Waals surface area contributed by atoms with Crippen LogP contribution < -0.4 is 32.3 Å². The van der Waals surface area contributed by atoms with Gasteiger partial charge in [0.1, 0.15) is 5.54 Å². The van der Waals surface area contributed by atoms with E-state index in [1.165, 1.54) is 0 Å². The molecule has 0 aromatic rings. The fourth-order valence-corrected chi connectivity index (χ4v) is 6.01. The second-order valence-corrected chi connectivity index (χ2v) is 13.1. The zero-order chi connectivity index (χ0) is 27.1. The number of thioether (sulfide) groups is 1. The van der Waals surface area contributed by atoms with Gasteiger partial charge in [-0.3, -0.25) is 14.4 Å². The normalized spacial score (nSPS) is 21.9. The second-order valence-electron chi connectivity index (χ2n) is 11.8. The molecule has 2 rings (SSSR count). The van der Waals surface area contributed by atoms with E-state index >= 15 is 0 Å². The molecule has 0 saturated carbocycles. The number of nitrogens with two attached hydrogens (primary N) is 1. The Kier molecular flexibility index (Phi) is 10.5. The molecule has 0 aromatic carbocycles. The van der Waals surface area contributed by atoms with Gasteiger partial charge < -0.3 is 32.3 Å². The maximum atomic E-state index is 12.7. The Hall–Kier alpha value is -2.01. The van der Waals surface area contributed by atoms with Gasteiger partial charge in [-0.1, -0.05) is 20.3 Å². The molecule has 2 saturated heterocycles. The lowest BCUT2D eigenvalue weighted by molar-refractivity contribution is -0.137. The van der Waals surface area contributed by atoms with Crippen molar-refractivity contribution in [2.75, 3.05) is 18.8 Å². The molecule has 36 heavy (non-hydrogen) atoms. The summed E-state index contributed by atoms with van der Waals surface area (Å²) in [6, 6.07) is 0.344. The SMILES string of the molecule is CC(C)(CCNC(=O)C(C)(C)NC(=O)C(C)(C)CCN)NC(=O)CCCC[C@@H]1SC[C@@H]2NC(=O)N[C@@H]21. The van der Waals surface area contributed by atoms with Crippen LogP contribution >= 0.6 is 11.8 Å². The lowest BCUT2D eigenvalue weighted by atomic mass is 9.87. The fourth-order valence-electron chi connectivity index (χ4n) is 4.47. The maximum absolute atomic E-state index is 12.7. The third-order valence-corrected chi connectivity index (χ3v) is 8.48. The first-order valence-electron chi connectivity index (χ1n) is 13.0. The molecule has 2 heterocycles. The second kappa shape index (κ2) is 12.5. The van der Waals surface area contributed by atoms with Crippen LogP contribution in [-0.2, 0) is 14.4 Å². The van der Waals surface area contributed by atoms with Crippen molar-refractivity contribution in [1.29, 1.82) is 0 Å². The zero-order valence-corrected chi connectivity index (χ0v) is 23.5. The number of nitrogens with one attached hydrogen (secondary N) is 5. The molecule has 10 nitrogen and oxygen atoms in total. The summed E-state index contributed by atoms with van der Waals surface area (Å²) in [5, 5.41) is 15.1. The topological polar surface area (TPSA) is 154 Å². The summed E-state index contributed by atoms with van der Waals surface area (Å²) in [5.41, 5.74) is 3.40. The van der Waals surface area contributed by atoms with Gasteiger partial charge in [-0.25, -0.2) is 4.79 Å². The zero-order valence-electron chi connectivity index (χ0n) is 22.7. The van der Waals surface area contributed by atoms with Crippen LogP contribution in [0.1, 0.15) is 80.1 Å². The number of carbonyl (C=O) groups excluding carboxylic acids is 4. The Bertz CT molecular complexity index is 816. The Labute approximate surface area is 219 Å². The van der Waals surface area contributed by atoms with E-state index in [2.05, 4.69) is 26.6 Å². The molecule has 2 aliphatic heterocycles. The third kappa shape index (κ3) is 8.83. The quantitative estimate of drug-likeness (QED) is 0.148. The minimum atomic E-state index is -1.06. The molecule has 2 fully saturated rings. The molecule has 0 spiro atoms. The first-order chi connectivity index (χ1) is 16.7. The number of amides is 5. The maximum Gasteiger partial charge on any atom is 0.315 e. The molecule has 206 valence electrons. The molecule has 7 N–H and O–H groups in total. The van der Waals surface area contributed by atoms with Crippen LogP contribution in [0.5, 0.6) is 0 Å². The van der Waals surface area contributed by atoms with Crippen molar-refractivity contribution >= 4 is 35.5 Å². The van der Waals surface area contributed by atoms with Crippen molar-refractivity contribution in [3.8, 4) is 0 Å². The lowest BCUT2D eigenvalue weighted by Gasteiger charge is -2.32. The Balaban J connectivity index is 1.66. The van der Waals surface area contributed by atoms with Crippen molar-refractivity contribution in [1.82, 2.24) is 26.6 Å². The van der Waals surface area contributed by atoms with Crippen LogP contribution in [0.2, 0.25) is 0 Å². The predicted molar refractivity (Wildman–Crippen MR) is 143 cm³/mol. The summed E-state index contributed by atoms with van der Waals surface area (Å²) in [6.07, 6.45) is 4.24. The first kappa shape index (κ1) is 30.2. The van der Waals surface area contributed by atoms with E-state index in [1.807, 2.05) is 39.5 Å². The molecule has 2 aliphatic rings. The van der Waals surface area contributed by atoms with Crippen molar-refractivity contribution in [2.45, 2.75) is 108 Å². The molecule has 0 aliphatic carbocycles. The van der Waals surface area contributed by atoms with Crippen molar-refractivity contribution < 1.29 is 19.2 Å². The van der Waals surface area contributed by atoms with Crippen LogP contribution in [0.3, 0.4) is 0 Å². The van der Waals surface area contributed by atoms with Crippen molar-refractivity contribution in [2.24, 2.45) is 11.1 Å².